The number of nitriles is 1. The van der Waals surface area contributed by atoms with Crippen molar-refractivity contribution < 1.29 is 13.2 Å². The number of fused-ring (bicyclic) bond motifs is 6. The number of aromatic nitrogens is 2. The molecule has 10 rings (SSSR count). The smallest absolute Gasteiger partial charge is 0.307 e. The summed E-state index contributed by atoms with van der Waals surface area (Å²) in [5.41, 5.74) is 12.0. The van der Waals surface area contributed by atoms with Gasteiger partial charge >= 0.3 is 6.18 Å². The molecule has 0 aliphatic rings. The van der Waals surface area contributed by atoms with Gasteiger partial charge in [0, 0.05) is 27.1 Å². The highest BCUT2D eigenvalue weighted by atomic mass is 19.4. The number of benzene rings is 8. The largest absolute Gasteiger partial charge is 0.416 e. The van der Waals surface area contributed by atoms with Crippen LogP contribution in [-0.4, -0.2) is 9.13 Å². The molecule has 0 aliphatic carbocycles. The molecule has 0 aliphatic heterocycles. The van der Waals surface area contributed by atoms with Crippen LogP contribution in [0, 0.1) is 25.2 Å². The van der Waals surface area contributed by atoms with E-state index in [1.54, 1.807) is 6.07 Å². The SMILES string of the molecule is Cc1ccc(-c2ccc3c4ccccc4n(-c4cc(C#N)c(-c5cccc(C(F)(F)F)c5)cc4-n4c5ccccc5c5ccc(-c6ccc(C)cc6)cc54)c3c2)cc1. The molecule has 0 atom stereocenters. The maximum Gasteiger partial charge on any atom is 0.416 e. The molecule has 0 unspecified atom stereocenters. The molecule has 278 valence electrons. The molecule has 0 N–H and O–H groups in total. The molecular weight excluding hydrogens is 724 g/mol. The van der Waals surface area contributed by atoms with Crippen molar-refractivity contribution in [1.29, 1.82) is 5.26 Å². The minimum absolute atomic E-state index is 0.264. The van der Waals surface area contributed by atoms with E-state index in [-0.39, 0.29) is 5.56 Å². The van der Waals surface area contributed by atoms with Crippen LogP contribution in [-0.2, 0) is 6.18 Å². The Balaban J connectivity index is 1.35. The van der Waals surface area contributed by atoms with Gasteiger partial charge in [0.15, 0.2) is 0 Å². The minimum Gasteiger partial charge on any atom is -0.307 e. The molecule has 58 heavy (non-hydrogen) atoms. The van der Waals surface area contributed by atoms with Crippen molar-refractivity contribution >= 4 is 43.6 Å². The number of nitrogens with zero attached hydrogens (tertiary/aromatic N) is 3. The van der Waals surface area contributed by atoms with Crippen molar-refractivity contribution in [2.45, 2.75) is 20.0 Å². The molecule has 3 nitrogen and oxygen atoms in total. The van der Waals surface area contributed by atoms with Crippen LogP contribution in [0.3, 0.4) is 0 Å². The van der Waals surface area contributed by atoms with Crippen molar-refractivity contribution in [2.24, 2.45) is 0 Å². The van der Waals surface area contributed by atoms with Crippen molar-refractivity contribution in [1.82, 2.24) is 9.13 Å². The number of hydrogen-bond acceptors (Lipinski definition) is 1. The molecule has 10 aromatic rings. The fourth-order valence-electron chi connectivity index (χ4n) is 8.44. The van der Waals surface area contributed by atoms with Crippen LogP contribution in [0.2, 0.25) is 0 Å². The van der Waals surface area contributed by atoms with Crippen molar-refractivity contribution in [3.05, 3.63) is 192 Å². The monoisotopic (exact) mass is 757 g/mol. The molecule has 0 spiro atoms. The molecule has 0 radical (unpaired) electrons. The molecule has 0 saturated carbocycles. The Hall–Kier alpha value is -7.36. The Morgan fingerprint density at radius 2 is 0.897 bits per heavy atom. The fourth-order valence-corrected chi connectivity index (χ4v) is 8.44. The van der Waals surface area contributed by atoms with Crippen molar-refractivity contribution in [3.63, 3.8) is 0 Å². The highest BCUT2D eigenvalue weighted by molar-refractivity contribution is 6.13. The van der Waals surface area contributed by atoms with E-state index in [1.165, 1.54) is 17.2 Å². The van der Waals surface area contributed by atoms with Gasteiger partial charge in [-0.3, -0.25) is 0 Å². The molecule has 6 heteroatoms. The second kappa shape index (κ2) is 13.4. The van der Waals surface area contributed by atoms with E-state index in [0.29, 0.717) is 11.1 Å². The summed E-state index contributed by atoms with van der Waals surface area (Å²) >= 11 is 0. The Labute approximate surface area is 333 Å². The van der Waals surface area contributed by atoms with E-state index >= 15 is 0 Å². The summed E-state index contributed by atoms with van der Waals surface area (Å²) in [5, 5.41) is 15.0. The predicted molar refractivity (Wildman–Crippen MR) is 231 cm³/mol. The lowest BCUT2D eigenvalue weighted by molar-refractivity contribution is -0.137. The maximum absolute atomic E-state index is 14.2. The lowest BCUT2D eigenvalue weighted by Gasteiger charge is -2.20. The van der Waals surface area contributed by atoms with E-state index < -0.39 is 11.7 Å². The number of alkyl halides is 3. The second-order valence-electron chi connectivity index (χ2n) is 15.0. The lowest BCUT2D eigenvalue weighted by atomic mass is 9.96. The summed E-state index contributed by atoms with van der Waals surface area (Å²) in [4.78, 5) is 0. The number of rotatable bonds is 5. The quantitative estimate of drug-likeness (QED) is 0.172. The molecule has 2 aromatic heterocycles. The topological polar surface area (TPSA) is 33.6 Å². The van der Waals surface area contributed by atoms with Crippen LogP contribution in [0.15, 0.2) is 170 Å². The van der Waals surface area contributed by atoms with Crippen LogP contribution in [0.25, 0.3) is 88.4 Å². The highest BCUT2D eigenvalue weighted by Crippen LogP contribution is 2.43. The second-order valence-corrected chi connectivity index (χ2v) is 15.0. The Morgan fingerprint density at radius 3 is 1.40 bits per heavy atom. The van der Waals surface area contributed by atoms with Crippen LogP contribution in [0.1, 0.15) is 22.3 Å². The van der Waals surface area contributed by atoms with Gasteiger partial charge < -0.3 is 9.13 Å². The first-order valence-electron chi connectivity index (χ1n) is 19.1. The van der Waals surface area contributed by atoms with Gasteiger partial charge in [-0.05, 0) is 90.2 Å². The van der Waals surface area contributed by atoms with E-state index in [9.17, 15) is 18.4 Å². The summed E-state index contributed by atoms with van der Waals surface area (Å²) < 4.78 is 46.9. The minimum atomic E-state index is -4.55. The molecule has 8 aromatic carbocycles. The van der Waals surface area contributed by atoms with Gasteiger partial charge in [-0.2, -0.15) is 18.4 Å². The first-order valence-corrected chi connectivity index (χ1v) is 19.1. The first kappa shape index (κ1) is 35.1. The summed E-state index contributed by atoms with van der Waals surface area (Å²) in [6.07, 6.45) is -4.55. The van der Waals surface area contributed by atoms with Gasteiger partial charge in [-0.15, -0.1) is 0 Å². The third-order valence-electron chi connectivity index (χ3n) is 11.3. The van der Waals surface area contributed by atoms with Crippen LogP contribution >= 0.6 is 0 Å². The summed E-state index contributed by atoms with van der Waals surface area (Å²) in [6.45, 7) is 4.14. The number of halogens is 3. The van der Waals surface area contributed by atoms with E-state index in [4.69, 9.17) is 0 Å². The number of para-hydroxylation sites is 2. The highest BCUT2D eigenvalue weighted by Gasteiger charge is 2.31. The number of aryl methyl sites for hydroxylation is 2. The van der Waals surface area contributed by atoms with Crippen LogP contribution in [0.5, 0.6) is 0 Å². The Bertz CT molecular complexity index is 3290. The normalized spacial score (nSPS) is 11.9. The zero-order valence-electron chi connectivity index (χ0n) is 31.6. The van der Waals surface area contributed by atoms with E-state index in [1.807, 2.05) is 36.4 Å². The summed E-state index contributed by atoms with van der Waals surface area (Å²) in [5.74, 6) is 0. The summed E-state index contributed by atoms with van der Waals surface area (Å²) in [7, 11) is 0. The van der Waals surface area contributed by atoms with Gasteiger partial charge in [0.25, 0.3) is 0 Å². The third-order valence-corrected chi connectivity index (χ3v) is 11.3. The summed E-state index contributed by atoms with van der Waals surface area (Å²) in [6, 6.07) is 57.6. The molecule has 2 heterocycles. The van der Waals surface area contributed by atoms with E-state index in [0.717, 1.165) is 89.4 Å². The van der Waals surface area contributed by atoms with Crippen molar-refractivity contribution in [3.8, 4) is 50.8 Å². The average molecular weight is 758 g/mol. The van der Waals surface area contributed by atoms with E-state index in [2.05, 4.69) is 138 Å². The van der Waals surface area contributed by atoms with Crippen LogP contribution in [0.4, 0.5) is 13.2 Å². The fraction of sp³-hybridized carbons (Fsp3) is 0.0577. The van der Waals surface area contributed by atoms with Crippen molar-refractivity contribution in [2.75, 3.05) is 0 Å². The van der Waals surface area contributed by atoms with Gasteiger partial charge in [0.2, 0.25) is 0 Å². The molecule has 0 amide bonds. The predicted octanol–water partition coefficient (Wildman–Crippen LogP) is 14.4. The Kier molecular flexibility index (Phi) is 8.10. The van der Waals surface area contributed by atoms with Gasteiger partial charge in [0.05, 0.1) is 50.6 Å². The standard InChI is InChI=1S/C52H34F3N3/c1-32-14-18-34(19-15-32)36-22-24-43-41-10-3-5-12-46(41)57(48(43)27-36)50-29-39(31-56)45(38-8-7-9-40(26-38)52(53,54)55)30-51(50)58-47-13-6-4-11-42(47)44-25-23-37(28-49(44)58)35-20-16-33(2)17-21-35/h3-30H,1-2H3. The van der Waals surface area contributed by atoms with Crippen LogP contribution < -0.4 is 0 Å². The zero-order chi connectivity index (χ0) is 39.7. The zero-order valence-corrected chi connectivity index (χ0v) is 31.6. The molecular formula is C52H34F3N3. The van der Waals surface area contributed by atoms with Gasteiger partial charge in [-0.1, -0.05) is 132 Å². The molecule has 0 bridgehead atoms. The van der Waals surface area contributed by atoms with Gasteiger partial charge in [-0.25, -0.2) is 0 Å². The first-order chi connectivity index (χ1) is 28.2. The molecule has 0 fully saturated rings. The average Bonchev–Trinajstić information content (AvgIpc) is 3.75. The Morgan fingerprint density at radius 1 is 0.431 bits per heavy atom. The number of hydrogen-bond donors (Lipinski definition) is 0. The third kappa shape index (κ3) is 5.74. The maximum atomic E-state index is 14.2. The van der Waals surface area contributed by atoms with Gasteiger partial charge in [0.1, 0.15) is 0 Å². The molecule has 0 saturated heterocycles. The lowest BCUT2D eigenvalue weighted by Crippen LogP contribution is -2.07.